The summed E-state index contributed by atoms with van der Waals surface area (Å²) in [5, 5.41) is 4.53. The van der Waals surface area contributed by atoms with Crippen molar-refractivity contribution < 1.29 is 27.2 Å². The van der Waals surface area contributed by atoms with Crippen molar-refractivity contribution in [1.82, 2.24) is 14.1 Å². The summed E-state index contributed by atoms with van der Waals surface area (Å²) in [6.45, 7) is 9.21. The van der Waals surface area contributed by atoms with Crippen LogP contribution in [0.2, 0.25) is 5.82 Å². The van der Waals surface area contributed by atoms with Crippen LogP contribution in [0, 0.1) is 5.92 Å². The van der Waals surface area contributed by atoms with Crippen molar-refractivity contribution in [1.29, 1.82) is 0 Å². The number of ether oxygens (including phenoxy) is 2. The van der Waals surface area contributed by atoms with Crippen LogP contribution in [-0.4, -0.2) is 55.0 Å². The van der Waals surface area contributed by atoms with E-state index in [1.165, 1.54) is 4.31 Å². The van der Waals surface area contributed by atoms with Gasteiger partial charge in [0.15, 0.2) is 5.03 Å². The van der Waals surface area contributed by atoms with Crippen molar-refractivity contribution in [2.45, 2.75) is 75.8 Å². The molecule has 0 bridgehead atoms. The van der Waals surface area contributed by atoms with Gasteiger partial charge in [-0.1, -0.05) is 24.3 Å². The summed E-state index contributed by atoms with van der Waals surface area (Å²) in [5.74, 6) is 2.02. The first-order chi connectivity index (χ1) is 18.9. The number of aromatic nitrogens is 2. The number of hydrogen-bond acceptors (Lipinski definition) is 7. The molecule has 1 aliphatic carbocycles. The third kappa shape index (κ3) is 5.93. The lowest BCUT2D eigenvalue weighted by Crippen LogP contribution is -2.41. The van der Waals surface area contributed by atoms with Crippen molar-refractivity contribution in [2.24, 2.45) is 5.92 Å². The normalized spacial score (nSPS) is 21.5. The molecule has 0 spiro atoms. The summed E-state index contributed by atoms with van der Waals surface area (Å²) in [5.41, 5.74) is 0.963. The van der Waals surface area contributed by atoms with Crippen molar-refractivity contribution in [3.8, 4) is 11.5 Å². The van der Waals surface area contributed by atoms with Crippen LogP contribution in [0.4, 0.5) is 0 Å². The lowest BCUT2D eigenvalue weighted by atomic mass is 9.80. The van der Waals surface area contributed by atoms with Crippen LogP contribution in [-0.2, 0) is 39.0 Å². The number of sulfonamides is 1. The molecule has 0 N–H and O–H groups in total. The monoisotopic (exact) mass is 567 g/mol. The van der Waals surface area contributed by atoms with E-state index >= 15 is 0 Å². The molecule has 11 heteroatoms. The van der Waals surface area contributed by atoms with Crippen molar-refractivity contribution in [3.63, 3.8) is 0 Å². The number of rotatable bonds is 11. The maximum absolute atomic E-state index is 13.9. The lowest BCUT2D eigenvalue weighted by molar-refractivity contribution is 0.00578. The van der Waals surface area contributed by atoms with E-state index in [0.717, 1.165) is 17.5 Å². The molecule has 5 rings (SSSR count). The van der Waals surface area contributed by atoms with E-state index in [1.54, 1.807) is 31.2 Å². The first-order valence-corrected chi connectivity index (χ1v) is 15.0. The van der Waals surface area contributed by atoms with Crippen molar-refractivity contribution in [3.05, 3.63) is 71.9 Å². The molecule has 40 heavy (non-hydrogen) atoms. The molecule has 2 atom stereocenters. The molecular formula is C29H38BN3O6S. The van der Waals surface area contributed by atoms with Gasteiger partial charge in [-0.3, -0.25) is 4.68 Å². The highest BCUT2D eigenvalue weighted by atomic mass is 32.2. The molecule has 214 valence electrons. The quantitative estimate of drug-likeness (QED) is 0.308. The average molecular weight is 568 g/mol. The molecule has 9 nitrogen and oxygen atoms in total. The Kier molecular flexibility index (Phi) is 7.78. The zero-order valence-corrected chi connectivity index (χ0v) is 24.8. The van der Waals surface area contributed by atoms with Gasteiger partial charge < -0.3 is 18.8 Å². The Morgan fingerprint density at radius 2 is 1.40 bits per heavy atom. The number of hydrogen-bond donors (Lipinski definition) is 0. The van der Waals surface area contributed by atoms with Crippen LogP contribution in [0.5, 0.6) is 11.5 Å². The SMILES string of the molecule is COc1ccc(CN(Cc2ccc(OC)cc2)S(=O)(=O)c2ccn(CC3CC3B3OC(C)(C)C(C)(C)O3)n2)cc1. The van der Waals surface area contributed by atoms with E-state index in [1.807, 2.05) is 48.5 Å². The topological polar surface area (TPSA) is 92.1 Å². The highest BCUT2D eigenvalue weighted by molar-refractivity contribution is 7.89. The van der Waals surface area contributed by atoms with E-state index in [2.05, 4.69) is 32.8 Å². The van der Waals surface area contributed by atoms with Gasteiger partial charge in [0.2, 0.25) is 0 Å². The molecule has 2 unspecified atom stereocenters. The number of benzene rings is 2. The Balaban J connectivity index is 1.31. The standard InChI is InChI=1S/C29H38BN3O6S/c1-28(2)29(3,4)39-30(38-28)26-17-23(26)20-32-16-15-27(31-32)40(34,35)33(18-21-7-11-24(36-5)12-8-21)19-22-9-13-25(37-6)14-10-22/h7-16,23,26H,17-20H2,1-6H3. The molecule has 1 saturated carbocycles. The van der Waals surface area contributed by atoms with Crippen LogP contribution < -0.4 is 9.47 Å². The molecule has 2 fully saturated rings. The molecular weight excluding hydrogens is 529 g/mol. The van der Waals surface area contributed by atoms with Gasteiger partial charge >= 0.3 is 7.12 Å². The van der Waals surface area contributed by atoms with Gasteiger partial charge in [0.25, 0.3) is 10.0 Å². The molecule has 3 aromatic rings. The largest absolute Gasteiger partial charge is 0.497 e. The molecule has 1 saturated heterocycles. The summed E-state index contributed by atoms with van der Waals surface area (Å²) in [6.07, 6.45) is 2.70. The number of nitrogens with zero attached hydrogens (tertiary/aromatic N) is 3. The first kappa shape index (κ1) is 28.7. The fourth-order valence-electron chi connectivity index (χ4n) is 4.93. The predicted octanol–water partition coefficient (Wildman–Crippen LogP) is 4.77. The van der Waals surface area contributed by atoms with Crippen molar-refractivity contribution >= 4 is 17.1 Å². The van der Waals surface area contributed by atoms with Gasteiger partial charge in [-0.2, -0.15) is 9.40 Å². The average Bonchev–Trinajstić information content (AvgIpc) is 3.44. The second kappa shape index (κ2) is 10.9. The van der Waals surface area contributed by atoms with E-state index in [9.17, 15) is 8.42 Å². The van der Waals surface area contributed by atoms with Crippen LogP contribution in [0.3, 0.4) is 0 Å². The van der Waals surface area contributed by atoms with Gasteiger partial charge in [-0.05, 0) is 87.3 Å². The van der Waals surface area contributed by atoms with E-state index in [0.29, 0.717) is 24.0 Å². The van der Waals surface area contributed by atoms with Gasteiger partial charge in [-0.15, -0.1) is 0 Å². The smallest absolute Gasteiger partial charge is 0.461 e. The molecule has 1 aromatic heterocycles. The molecule has 1 aliphatic heterocycles. The third-order valence-electron chi connectivity index (χ3n) is 8.28. The second-order valence-electron chi connectivity index (χ2n) is 11.6. The maximum atomic E-state index is 13.9. The Morgan fingerprint density at radius 1 is 0.900 bits per heavy atom. The number of methoxy groups -OCH3 is 2. The fourth-order valence-corrected chi connectivity index (χ4v) is 6.27. The molecule has 2 aliphatic rings. The Morgan fingerprint density at radius 3 is 1.88 bits per heavy atom. The lowest BCUT2D eigenvalue weighted by Gasteiger charge is -2.32. The summed E-state index contributed by atoms with van der Waals surface area (Å²) in [7, 11) is -0.941. The minimum Gasteiger partial charge on any atom is -0.497 e. The Labute approximate surface area is 237 Å². The molecule has 0 radical (unpaired) electrons. The maximum Gasteiger partial charge on any atom is 0.461 e. The Bertz CT molecular complexity index is 1360. The molecule has 0 amide bonds. The van der Waals surface area contributed by atoms with Crippen LogP contribution in [0.1, 0.15) is 45.2 Å². The second-order valence-corrected chi connectivity index (χ2v) is 13.5. The van der Waals surface area contributed by atoms with Crippen LogP contribution in [0.25, 0.3) is 0 Å². The van der Waals surface area contributed by atoms with E-state index < -0.39 is 10.0 Å². The van der Waals surface area contributed by atoms with Gasteiger partial charge in [0, 0.05) is 25.8 Å². The van der Waals surface area contributed by atoms with Gasteiger partial charge in [-0.25, -0.2) is 8.42 Å². The molecule has 2 heterocycles. The zero-order valence-electron chi connectivity index (χ0n) is 24.0. The molecule has 2 aromatic carbocycles. The highest BCUT2D eigenvalue weighted by Gasteiger charge is 2.59. The predicted molar refractivity (Wildman–Crippen MR) is 153 cm³/mol. The van der Waals surface area contributed by atoms with E-state index in [-0.39, 0.29) is 42.3 Å². The minimum atomic E-state index is -3.89. The van der Waals surface area contributed by atoms with Gasteiger partial charge in [0.05, 0.1) is 25.4 Å². The van der Waals surface area contributed by atoms with Gasteiger partial charge in [0.1, 0.15) is 11.5 Å². The summed E-state index contributed by atoms with van der Waals surface area (Å²) in [6, 6.07) is 16.4. The summed E-state index contributed by atoms with van der Waals surface area (Å²) < 4.78 is 53.9. The first-order valence-electron chi connectivity index (χ1n) is 13.6. The van der Waals surface area contributed by atoms with Crippen LogP contribution >= 0.6 is 0 Å². The summed E-state index contributed by atoms with van der Waals surface area (Å²) in [4.78, 5) is 0. The third-order valence-corrected chi connectivity index (χ3v) is 9.96. The van der Waals surface area contributed by atoms with Crippen LogP contribution in [0.15, 0.2) is 65.8 Å². The van der Waals surface area contributed by atoms with Crippen molar-refractivity contribution in [2.75, 3.05) is 14.2 Å². The minimum absolute atomic E-state index is 0.0300. The zero-order chi connectivity index (χ0) is 28.7. The highest BCUT2D eigenvalue weighted by Crippen LogP contribution is 2.53. The van der Waals surface area contributed by atoms with E-state index in [4.69, 9.17) is 18.8 Å². The fraction of sp³-hybridized carbons (Fsp3) is 0.483. The summed E-state index contributed by atoms with van der Waals surface area (Å²) >= 11 is 0. The Hall–Kier alpha value is -2.86.